The van der Waals surface area contributed by atoms with Crippen molar-refractivity contribution in [1.82, 2.24) is 19.7 Å². The van der Waals surface area contributed by atoms with E-state index in [2.05, 4.69) is 24.6 Å². The number of nitrogens with two attached hydrogens (primary N) is 1. The van der Waals surface area contributed by atoms with Crippen molar-refractivity contribution in [1.29, 1.82) is 0 Å². The van der Waals surface area contributed by atoms with Crippen molar-refractivity contribution in [3.8, 4) is 0 Å². The van der Waals surface area contributed by atoms with Crippen LogP contribution in [-0.2, 0) is 21.0 Å². The molecule has 1 aliphatic rings. The molecule has 2 heterocycles. The fourth-order valence-electron chi connectivity index (χ4n) is 4.10. The molecule has 3 N–H and O–H groups in total. The summed E-state index contributed by atoms with van der Waals surface area (Å²) in [6.45, 7) is 0.102. The number of nitrogens with one attached hydrogen (secondary N) is 1. The highest BCUT2D eigenvalue weighted by molar-refractivity contribution is 8.00. The van der Waals surface area contributed by atoms with E-state index in [1.807, 2.05) is 0 Å². The number of benzene rings is 1. The summed E-state index contributed by atoms with van der Waals surface area (Å²) in [6.07, 6.45) is 6.22. The first kappa shape index (κ1) is 28.3. The summed E-state index contributed by atoms with van der Waals surface area (Å²) in [5.74, 6) is -0.155. The van der Waals surface area contributed by atoms with Gasteiger partial charge in [0.1, 0.15) is 17.8 Å². The zero-order chi connectivity index (χ0) is 27.5. The van der Waals surface area contributed by atoms with Crippen molar-refractivity contribution in [2.24, 2.45) is 11.1 Å². The van der Waals surface area contributed by atoms with E-state index in [1.54, 1.807) is 12.3 Å². The number of ketones is 1. The SMILES string of the molecule is NS(=O)(=O)OC[C@@H]1CC[C@H](Nc2ncncc2C(=O)c2ccn(Cc3ccc(Cl)c(SC(F)(F)F)c3)n2)C1. The highest BCUT2D eigenvalue weighted by Crippen LogP contribution is 2.40. The maximum absolute atomic E-state index is 13.2. The Morgan fingerprint density at radius 1 is 1.29 bits per heavy atom. The van der Waals surface area contributed by atoms with Crippen LogP contribution in [0.4, 0.5) is 19.0 Å². The average molecular weight is 591 g/mol. The van der Waals surface area contributed by atoms with Crippen LogP contribution < -0.4 is 10.5 Å². The Kier molecular flexibility index (Phi) is 8.62. The van der Waals surface area contributed by atoms with Gasteiger partial charge in [-0.2, -0.15) is 26.7 Å². The van der Waals surface area contributed by atoms with E-state index in [1.165, 1.54) is 35.4 Å². The number of hydrogen-bond acceptors (Lipinski definition) is 9. The molecule has 1 fully saturated rings. The van der Waals surface area contributed by atoms with Crippen molar-refractivity contribution in [2.45, 2.75) is 42.3 Å². The van der Waals surface area contributed by atoms with Gasteiger partial charge in [-0.15, -0.1) is 0 Å². The number of alkyl halides is 3. The van der Waals surface area contributed by atoms with Gasteiger partial charge >= 0.3 is 15.8 Å². The Labute approximate surface area is 225 Å². The monoisotopic (exact) mass is 590 g/mol. The fourth-order valence-corrected chi connectivity index (χ4v) is 5.34. The molecule has 38 heavy (non-hydrogen) atoms. The highest BCUT2D eigenvalue weighted by atomic mass is 35.5. The number of anilines is 1. The van der Waals surface area contributed by atoms with Crippen LogP contribution in [0.5, 0.6) is 0 Å². The molecule has 16 heteroatoms. The molecule has 1 aliphatic carbocycles. The lowest BCUT2D eigenvalue weighted by Gasteiger charge is -2.15. The van der Waals surface area contributed by atoms with Gasteiger partial charge in [-0.3, -0.25) is 13.7 Å². The summed E-state index contributed by atoms with van der Waals surface area (Å²) in [5, 5.41) is 12.4. The molecular formula is C22H22ClF3N6O4S2. The van der Waals surface area contributed by atoms with Crippen LogP contribution in [0.2, 0.25) is 5.02 Å². The third-order valence-corrected chi connectivity index (χ3v) is 7.44. The zero-order valence-corrected chi connectivity index (χ0v) is 21.9. The number of thioether (sulfide) groups is 1. The van der Waals surface area contributed by atoms with Gasteiger partial charge in [0.15, 0.2) is 0 Å². The summed E-state index contributed by atoms with van der Waals surface area (Å²) < 4.78 is 66.5. The lowest BCUT2D eigenvalue weighted by atomic mass is 10.1. The smallest absolute Gasteiger partial charge is 0.367 e. The second-order valence-corrected chi connectivity index (χ2v) is 11.4. The van der Waals surface area contributed by atoms with Gasteiger partial charge in [0, 0.05) is 23.3 Å². The number of carbonyl (C=O) groups is 1. The standard InChI is InChI=1S/C22H22ClF3N6O4S2/c23-17-4-2-13(8-19(17)37-22(24,25)26)10-32-6-5-18(31-32)20(33)16-9-28-12-29-21(16)30-15-3-1-14(7-15)11-36-38(27,34)35/h2,4-6,8-9,12,14-15H,1,3,7,10-11H2,(H2,27,34,35)(H,28,29,30)/t14-,15+/m1/s1. The summed E-state index contributed by atoms with van der Waals surface area (Å²) in [5.41, 5.74) is -3.66. The lowest BCUT2D eigenvalue weighted by molar-refractivity contribution is -0.0328. The number of aromatic nitrogens is 4. The van der Waals surface area contributed by atoms with Crippen molar-refractivity contribution in [2.75, 3.05) is 11.9 Å². The number of halogens is 4. The Balaban J connectivity index is 1.43. The van der Waals surface area contributed by atoms with E-state index in [4.69, 9.17) is 16.7 Å². The predicted molar refractivity (Wildman–Crippen MR) is 134 cm³/mol. The molecule has 1 saturated carbocycles. The van der Waals surface area contributed by atoms with E-state index in [-0.39, 0.29) is 58.0 Å². The molecule has 0 bridgehead atoms. The molecule has 0 radical (unpaired) electrons. The van der Waals surface area contributed by atoms with Crippen LogP contribution in [-0.4, -0.2) is 52.1 Å². The van der Waals surface area contributed by atoms with Gasteiger partial charge in [0.25, 0.3) is 0 Å². The van der Waals surface area contributed by atoms with Crippen LogP contribution in [0.15, 0.2) is 47.9 Å². The van der Waals surface area contributed by atoms with Gasteiger partial charge in [-0.05, 0) is 60.7 Å². The topological polar surface area (TPSA) is 142 Å². The second-order valence-electron chi connectivity index (χ2n) is 8.62. The molecule has 2 aromatic heterocycles. The van der Waals surface area contributed by atoms with E-state index in [0.717, 1.165) is 0 Å². The molecule has 0 amide bonds. The maximum Gasteiger partial charge on any atom is 0.446 e. The van der Waals surface area contributed by atoms with Gasteiger partial charge in [-0.25, -0.2) is 15.1 Å². The quantitative estimate of drug-likeness (QED) is 0.264. The summed E-state index contributed by atoms with van der Waals surface area (Å²) in [6, 6.07) is 5.73. The number of carbonyl (C=O) groups excluding carboxylic acids is 1. The minimum atomic E-state index is -4.48. The molecule has 4 rings (SSSR count). The molecule has 2 atom stereocenters. The van der Waals surface area contributed by atoms with Crippen molar-refractivity contribution < 1.29 is 30.6 Å². The van der Waals surface area contributed by atoms with Gasteiger partial charge < -0.3 is 5.32 Å². The molecule has 0 saturated heterocycles. The number of nitrogens with zero attached hydrogens (tertiary/aromatic N) is 4. The molecule has 3 aromatic rings. The second kappa shape index (κ2) is 11.6. The van der Waals surface area contributed by atoms with Gasteiger partial charge in [0.2, 0.25) is 5.78 Å². The molecule has 1 aromatic carbocycles. The Morgan fingerprint density at radius 2 is 2.08 bits per heavy atom. The molecule has 0 unspecified atom stereocenters. The molecular weight excluding hydrogens is 569 g/mol. The van der Waals surface area contributed by atoms with Gasteiger partial charge in [0.05, 0.1) is 23.7 Å². The van der Waals surface area contributed by atoms with E-state index in [0.29, 0.717) is 30.6 Å². The largest absolute Gasteiger partial charge is 0.446 e. The number of hydrogen-bond donors (Lipinski definition) is 2. The summed E-state index contributed by atoms with van der Waals surface area (Å²) >= 11 is 5.60. The average Bonchev–Trinajstić information content (AvgIpc) is 3.48. The van der Waals surface area contributed by atoms with Crippen LogP contribution >= 0.6 is 23.4 Å². The van der Waals surface area contributed by atoms with E-state index < -0.39 is 21.6 Å². The normalized spacial score (nSPS) is 18.0. The third-order valence-electron chi connectivity index (χ3n) is 5.75. The Morgan fingerprint density at radius 3 is 2.82 bits per heavy atom. The summed E-state index contributed by atoms with van der Waals surface area (Å²) in [4.78, 5) is 21.2. The molecule has 10 nitrogen and oxygen atoms in total. The van der Waals surface area contributed by atoms with Crippen molar-refractivity contribution in [3.63, 3.8) is 0 Å². The van der Waals surface area contributed by atoms with Crippen molar-refractivity contribution >= 4 is 45.3 Å². The van der Waals surface area contributed by atoms with E-state index >= 15 is 0 Å². The Hall–Kier alpha value is -2.72. The van der Waals surface area contributed by atoms with E-state index in [9.17, 15) is 26.4 Å². The highest BCUT2D eigenvalue weighted by Gasteiger charge is 2.31. The maximum atomic E-state index is 13.2. The van der Waals surface area contributed by atoms with Crippen LogP contribution in [0.25, 0.3) is 0 Å². The predicted octanol–water partition coefficient (Wildman–Crippen LogP) is 4.02. The van der Waals surface area contributed by atoms with Crippen LogP contribution in [0, 0.1) is 5.92 Å². The number of rotatable bonds is 10. The first-order valence-electron chi connectivity index (χ1n) is 11.2. The molecule has 0 aliphatic heterocycles. The Bertz CT molecular complexity index is 1420. The first-order valence-corrected chi connectivity index (χ1v) is 13.9. The minimum absolute atomic E-state index is 0.0120. The minimum Gasteiger partial charge on any atom is -0.367 e. The lowest BCUT2D eigenvalue weighted by Crippen LogP contribution is -2.22. The molecule has 204 valence electrons. The first-order chi connectivity index (χ1) is 17.9. The fraction of sp³-hybridized carbons (Fsp3) is 0.364. The molecule has 0 spiro atoms. The van der Waals surface area contributed by atoms with Crippen molar-refractivity contribution in [3.05, 3.63) is 64.8 Å². The zero-order valence-electron chi connectivity index (χ0n) is 19.6. The van der Waals surface area contributed by atoms with Gasteiger partial charge in [-0.1, -0.05) is 17.7 Å². The summed E-state index contributed by atoms with van der Waals surface area (Å²) in [7, 11) is -4.01. The van der Waals surface area contributed by atoms with Crippen LogP contribution in [0.3, 0.4) is 0 Å². The third kappa shape index (κ3) is 7.89. The van der Waals surface area contributed by atoms with Crippen LogP contribution in [0.1, 0.15) is 40.9 Å².